The predicted molar refractivity (Wildman–Crippen MR) is 170 cm³/mol. The van der Waals surface area contributed by atoms with E-state index in [2.05, 4.69) is 20.9 Å². The molecule has 4 amide bonds. The molecule has 1 aromatic carbocycles. The minimum atomic E-state index is -1.01. The molecular formula is C32H47N5O6S. The van der Waals surface area contributed by atoms with E-state index in [0.717, 1.165) is 53.8 Å². The highest BCUT2D eigenvalue weighted by molar-refractivity contribution is 7.13. The average Bonchev–Trinajstić information content (AvgIpc) is 3.58. The number of aromatic nitrogens is 1. The molecule has 12 heteroatoms. The molecule has 2 heterocycles. The minimum absolute atomic E-state index is 0.0320. The van der Waals surface area contributed by atoms with Crippen molar-refractivity contribution >= 4 is 35.2 Å². The summed E-state index contributed by atoms with van der Waals surface area (Å²) in [6.45, 7) is 8.34. The number of unbranched alkanes of at least 4 members (excludes halogenated alkanes) is 5. The number of benzene rings is 1. The van der Waals surface area contributed by atoms with Crippen molar-refractivity contribution in [2.45, 2.75) is 104 Å². The Kier molecular flexibility index (Phi) is 13.1. The maximum atomic E-state index is 13.8. The first-order valence-corrected chi connectivity index (χ1v) is 16.3. The summed E-state index contributed by atoms with van der Waals surface area (Å²) in [5, 5.41) is 27.2. The number of thiazole rings is 1. The van der Waals surface area contributed by atoms with Gasteiger partial charge in [0.2, 0.25) is 17.7 Å². The molecule has 0 radical (unpaired) electrons. The number of aryl methyl sites for hydroxylation is 1. The maximum absolute atomic E-state index is 13.8. The van der Waals surface area contributed by atoms with Gasteiger partial charge in [0.25, 0.3) is 0 Å². The van der Waals surface area contributed by atoms with E-state index >= 15 is 0 Å². The van der Waals surface area contributed by atoms with Crippen LogP contribution < -0.4 is 16.0 Å². The number of hydrogen-bond acceptors (Lipinski definition) is 7. The van der Waals surface area contributed by atoms with Crippen molar-refractivity contribution in [1.29, 1.82) is 0 Å². The number of aliphatic hydroxyl groups is 1. The number of carbonyl (C=O) groups excluding carboxylic acids is 3. The topological polar surface area (TPSA) is 161 Å². The summed E-state index contributed by atoms with van der Waals surface area (Å²) in [6.07, 6.45) is 3.74. The molecule has 3 atom stereocenters. The van der Waals surface area contributed by atoms with Gasteiger partial charge in [-0.2, -0.15) is 0 Å². The summed E-state index contributed by atoms with van der Waals surface area (Å²) < 4.78 is 0. The lowest BCUT2D eigenvalue weighted by Gasteiger charge is -2.35. The molecule has 1 aliphatic heterocycles. The normalized spacial score (nSPS) is 17.2. The van der Waals surface area contributed by atoms with Gasteiger partial charge in [0, 0.05) is 32.5 Å². The second-order valence-electron chi connectivity index (χ2n) is 12.5. The monoisotopic (exact) mass is 629 g/mol. The number of nitrogens with zero attached hydrogens (tertiary/aromatic N) is 2. The summed E-state index contributed by atoms with van der Waals surface area (Å²) in [5.41, 5.74) is 4.16. The highest BCUT2D eigenvalue weighted by atomic mass is 32.1. The zero-order valence-electron chi connectivity index (χ0n) is 26.2. The van der Waals surface area contributed by atoms with Crippen LogP contribution in [0.25, 0.3) is 10.4 Å². The van der Waals surface area contributed by atoms with Crippen LogP contribution in [0.5, 0.6) is 0 Å². The van der Waals surface area contributed by atoms with E-state index in [1.807, 2.05) is 57.5 Å². The molecule has 11 nitrogen and oxygen atoms in total. The van der Waals surface area contributed by atoms with Gasteiger partial charge in [-0.3, -0.25) is 14.4 Å². The van der Waals surface area contributed by atoms with E-state index in [4.69, 9.17) is 5.11 Å². The van der Waals surface area contributed by atoms with Crippen molar-refractivity contribution in [2.24, 2.45) is 5.41 Å². The largest absolute Gasteiger partial charge is 0.465 e. The van der Waals surface area contributed by atoms with Gasteiger partial charge in [-0.25, -0.2) is 9.78 Å². The molecule has 0 saturated carbocycles. The minimum Gasteiger partial charge on any atom is -0.465 e. The van der Waals surface area contributed by atoms with Crippen molar-refractivity contribution in [3.05, 3.63) is 41.0 Å². The molecule has 44 heavy (non-hydrogen) atoms. The fraction of sp³-hybridized carbons (Fsp3) is 0.594. The highest BCUT2D eigenvalue weighted by Crippen LogP contribution is 2.28. The molecule has 1 saturated heterocycles. The number of carboxylic acid groups (broad SMARTS) is 1. The Morgan fingerprint density at radius 3 is 2.30 bits per heavy atom. The summed E-state index contributed by atoms with van der Waals surface area (Å²) in [5.74, 6) is -0.932. The van der Waals surface area contributed by atoms with E-state index in [-0.39, 0.29) is 43.7 Å². The van der Waals surface area contributed by atoms with Crippen molar-refractivity contribution in [2.75, 3.05) is 13.1 Å². The Morgan fingerprint density at radius 1 is 1.02 bits per heavy atom. The van der Waals surface area contributed by atoms with Crippen molar-refractivity contribution in [1.82, 2.24) is 25.8 Å². The fourth-order valence-electron chi connectivity index (χ4n) is 5.33. The fourth-order valence-corrected chi connectivity index (χ4v) is 6.14. The van der Waals surface area contributed by atoms with Crippen molar-refractivity contribution < 1.29 is 29.4 Å². The summed E-state index contributed by atoms with van der Waals surface area (Å²) >= 11 is 1.58. The number of nitrogens with one attached hydrogen (secondary N) is 3. The molecule has 3 rings (SSSR count). The molecule has 1 unspecified atom stereocenters. The van der Waals surface area contributed by atoms with Crippen molar-refractivity contribution in [3.63, 3.8) is 0 Å². The van der Waals surface area contributed by atoms with Gasteiger partial charge in [-0.05, 0) is 36.3 Å². The van der Waals surface area contributed by atoms with E-state index in [1.54, 1.807) is 11.3 Å². The molecule has 0 aliphatic carbocycles. The van der Waals surface area contributed by atoms with Crippen molar-refractivity contribution in [3.8, 4) is 10.4 Å². The summed E-state index contributed by atoms with van der Waals surface area (Å²) in [6, 6.07) is 6.22. The average molecular weight is 630 g/mol. The Balaban J connectivity index is 1.50. The third-order valence-corrected chi connectivity index (χ3v) is 8.80. The van der Waals surface area contributed by atoms with Crippen LogP contribution in [0.1, 0.15) is 83.4 Å². The number of rotatable bonds is 15. The van der Waals surface area contributed by atoms with E-state index in [9.17, 15) is 24.3 Å². The van der Waals surface area contributed by atoms with Crippen LogP contribution in [0.3, 0.4) is 0 Å². The van der Waals surface area contributed by atoms with Gasteiger partial charge in [0.15, 0.2) is 0 Å². The zero-order valence-corrected chi connectivity index (χ0v) is 27.0. The lowest BCUT2D eigenvalue weighted by Crippen LogP contribution is -2.57. The van der Waals surface area contributed by atoms with Gasteiger partial charge in [-0.1, -0.05) is 70.7 Å². The zero-order chi connectivity index (χ0) is 32.3. The number of likely N-dealkylation sites (tertiary alicyclic amines) is 1. The Labute approximate surface area is 263 Å². The number of aliphatic hydroxyl groups excluding tert-OH is 1. The number of hydrogen-bond donors (Lipinski definition) is 5. The smallest absolute Gasteiger partial charge is 0.404 e. The summed E-state index contributed by atoms with van der Waals surface area (Å²) in [4.78, 5) is 57.1. The second kappa shape index (κ2) is 16.5. The first-order valence-electron chi connectivity index (χ1n) is 15.4. The van der Waals surface area contributed by atoms with Crippen LogP contribution in [0.4, 0.5) is 4.79 Å². The highest BCUT2D eigenvalue weighted by Gasteiger charge is 2.44. The lowest BCUT2D eigenvalue weighted by molar-refractivity contribution is -0.144. The third-order valence-electron chi connectivity index (χ3n) is 7.82. The molecule has 2 aromatic rings. The van der Waals surface area contributed by atoms with Crippen LogP contribution in [0.2, 0.25) is 0 Å². The van der Waals surface area contributed by atoms with E-state index in [0.29, 0.717) is 13.0 Å². The van der Waals surface area contributed by atoms with Crippen LogP contribution in [-0.2, 0) is 20.9 Å². The molecular weight excluding hydrogens is 582 g/mol. The van der Waals surface area contributed by atoms with Gasteiger partial charge in [0.05, 0.1) is 22.2 Å². The van der Waals surface area contributed by atoms with Crippen LogP contribution in [0, 0.1) is 12.3 Å². The standard InChI is InChI=1S/C32H47N5O6S/c1-21-27(44-20-35-21)23-14-12-22(13-15-23)18-34-29(40)25-17-24(38)19-37(25)30(41)28(32(2,3)4)36-26(39)11-9-7-5-6-8-10-16-33-31(42)43/h12-15,20,24-25,28,33,38H,5-11,16-19H2,1-4H3,(H,34,40)(H,36,39)(H,42,43)/t24-,25+,28?/m1/s1. The van der Waals surface area contributed by atoms with Gasteiger partial charge in [-0.15, -0.1) is 11.3 Å². The second-order valence-corrected chi connectivity index (χ2v) is 13.4. The third kappa shape index (κ3) is 10.6. The quantitative estimate of drug-likeness (QED) is 0.184. The molecule has 0 bridgehead atoms. The molecule has 1 aliphatic rings. The Bertz CT molecular complexity index is 1260. The Morgan fingerprint density at radius 2 is 1.68 bits per heavy atom. The van der Waals surface area contributed by atoms with Crippen LogP contribution in [0.15, 0.2) is 29.8 Å². The maximum Gasteiger partial charge on any atom is 0.404 e. The predicted octanol–water partition coefficient (Wildman–Crippen LogP) is 4.23. The molecule has 0 spiro atoms. The van der Waals surface area contributed by atoms with Gasteiger partial charge >= 0.3 is 6.09 Å². The van der Waals surface area contributed by atoms with Gasteiger partial charge < -0.3 is 31.1 Å². The SMILES string of the molecule is Cc1ncsc1-c1ccc(CNC(=O)[C@@H]2C[C@@H](O)CN2C(=O)C(NC(=O)CCCCCCCCNC(=O)O)C(C)(C)C)cc1. The van der Waals surface area contributed by atoms with Gasteiger partial charge in [0.1, 0.15) is 12.1 Å². The number of β-amino-alcohol motifs (C(OH)–C–C–N with tert-alkyl or cyclic N) is 1. The Hall–Kier alpha value is -3.51. The number of amides is 4. The van der Waals surface area contributed by atoms with Crippen LogP contribution in [-0.4, -0.2) is 75.2 Å². The van der Waals surface area contributed by atoms with Crippen LogP contribution >= 0.6 is 11.3 Å². The lowest BCUT2D eigenvalue weighted by atomic mass is 9.85. The molecule has 1 aromatic heterocycles. The van der Waals surface area contributed by atoms with E-state index in [1.165, 1.54) is 4.90 Å². The molecule has 5 N–H and O–H groups in total. The molecule has 242 valence electrons. The number of carbonyl (C=O) groups is 4. The van der Waals surface area contributed by atoms with E-state index < -0.39 is 29.7 Å². The first-order chi connectivity index (χ1) is 20.9. The summed E-state index contributed by atoms with van der Waals surface area (Å²) in [7, 11) is 0. The molecule has 1 fully saturated rings. The first kappa shape index (κ1) is 35.0.